The molecular formula is C20H30N2S. The number of nitrogens with zero attached hydrogens (tertiary/aromatic N) is 1. The van der Waals surface area contributed by atoms with Crippen LogP contribution in [-0.2, 0) is 0 Å². The third-order valence-electron chi connectivity index (χ3n) is 4.48. The van der Waals surface area contributed by atoms with Crippen LogP contribution in [0.3, 0.4) is 0 Å². The van der Waals surface area contributed by atoms with Gasteiger partial charge in [-0.1, -0.05) is 62.5 Å². The lowest BCUT2D eigenvalue weighted by molar-refractivity contribution is 0.323. The number of allylic oxidation sites excluding steroid dienone is 6. The molecule has 0 radical (unpaired) electrons. The zero-order valence-corrected chi connectivity index (χ0v) is 15.7. The first kappa shape index (κ1) is 18.3. The average molecular weight is 331 g/mol. The normalized spacial score (nSPS) is 21.5. The van der Waals surface area contributed by atoms with E-state index in [1.807, 2.05) is 18.7 Å². The number of rotatable bonds is 6. The summed E-state index contributed by atoms with van der Waals surface area (Å²) in [5, 5.41) is 0. The summed E-state index contributed by atoms with van der Waals surface area (Å²) in [6.45, 7) is 12.2. The topological polar surface area (TPSA) is 29.3 Å². The van der Waals surface area contributed by atoms with Crippen LogP contribution in [0.5, 0.6) is 0 Å². The molecule has 0 bridgehead atoms. The highest BCUT2D eigenvalue weighted by Crippen LogP contribution is 2.33. The van der Waals surface area contributed by atoms with Gasteiger partial charge < -0.3 is 10.6 Å². The van der Waals surface area contributed by atoms with E-state index in [0.717, 1.165) is 25.4 Å². The van der Waals surface area contributed by atoms with Crippen LogP contribution >= 0.6 is 11.8 Å². The smallest absolute Gasteiger partial charge is 0.0502 e. The van der Waals surface area contributed by atoms with Crippen LogP contribution in [-0.4, -0.2) is 40.6 Å². The summed E-state index contributed by atoms with van der Waals surface area (Å²) in [5.41, 5.74) is 8.29. The van der Waals surface area contributed by atoms with Crippen molar-refractivity contribution in [3.8, 4) is 0 Å². The van der Waals surface area contributed by atoms with E-state index < -0.39 is 0 Å². The van der Waals surface area contributed by atoms with E-state index in [1.54, 1.807) is 0 Å². The van der Waals surface area contributed by atoms with Crippen molar-refractivity contribution in [1.29, 1.82) is 0 Å². The lowest BCUT2D eigenvalue weighted by Gasteiger charge is -2.24. The average Bonchev–Trinajstić information content (AvgIpc) is 2.76. The molecule has 0 fully saturated rings. The maximum absolute atomic E-state index is 6.19. The first-order chi connectivity index (χ1) is 10.9. The van der Waals surface area contributed by atoms with Crippen molar-refractivity contribution in [2.75, 3.05) is 25.4 Å². The van der Waals surface area contributed by atoms with Crippen LogP contribution in [0.2, 0.25) is 0 Å². The van der Waals surface area contributed by atoms with E-state index in [4.69, 9.17) is 5.73 Å². The molecule has 2 N–H and O–H groups in total. The third kappa shape index (κ3) is 5.23. The largest absolute Gasteiger partial charge is 0.319 e. The van der Waals surface area contributed by atoms with E-state index in [1.165, 1.54) is 11.1 Å². The monoisotopic (exact) mass is 330 g/mol. The molecule has 0 aliphatic heterocycles. The molecule has 2 nitrogen and oxygen atoms in total. The molecule has 0 heterocycles. The Balaban J connectivity index is 2.04. The highest BCUT2D eigenvalue weighted by atomic mass is 32.2. The van der Waals surface area contributed by atoms with Crippen molar-refractivity contribution in [3.05, 3.63) is 59.8 Å². The molecule has 0 aromatic heterocycles. The summed E-state index contributed by atoms with van der Waals surface area (Å²) < 4.78 is 0.0487. The van der Waals surface area contributed by atoms with Gasteiger partial charge in [0.25, 0.3) is 0 Å². The zero-order valence-electron chi connectivity index (χ0n) is 14.9. The van der Waals surface area contributed by atoms with E-state index in [-0.39, 0.29) is 10.3 Å². The highest BCUT2D eigenvalue weighted by molar-refractivity contribution is 8.01. The Morgan fingerprint density at radius 1 is 0.913 bits per heavy atom. The highest BCUT2D eigenvalue weighted by Gasteiger charge is 2.21. The van der Waals surface area contributed by atoms with Gasteiger partial charge >= 0.3 is 0 Å². The van der Waals surface area contributed by atoms with Gasteiger partial charge in [0.1, 0.15) is 0 Å². The minimum atomic E-state index is -0.365. The molecule has 0 saturated carbocycles. The Kier molecular flexibility index (Phi) is 6.12. The summed E-state index contributed by atoms with van der Waals surface area (Å²) >= 11 is 2.01. The summed E-state index contributed by atoms with van der Waals surface area (Å²) in [6.07, 6.45) is 17.5. The predicted octanol–water partition coefficient (Wildman–Crippen LogP) is 4.09. The van der Waals surface area contributed by atoms with Crippen molar-refractivity contribution < 1.29 is 0 Å². The molecule has 2 aliphatic carbocycles. The maximum atomic E-state index is 6.19. The Hall–Kier alpha value is -1.03. The van der Waals surface area contributed by atoms with Gasteiger partial charge in [-0.3, -0.25) is 0 Å². The minimum Gasteiger partial charge on any atom is -0.319 e. The molecule has 2 rings (SSSR count). The van der Waals surface area contributed by atoms with Gasteiger partial charge in [-0.15, -0.1) is 11.8 Å². The fourth-order valence-corrected chi connectivity index (χ4v) is 3.80. The van der Waals surface area contributed by atoms with Crippen molar-refractivity contribution in [3.63, 3.8) is 0 Å². The van der Waals surface area contributed by atoms with Crippen LogP contribution in [0, 0.1) is 0 Å². The molecule has 0 amide bonds. The Labute approximate surface area is 145 Å². The van der Waals surface area contributed by atoms with Crippen molar-refractivity contribution in [2.45, 2.75) is 38.0 Å². The van der Waals surface area contributed by atoms with Crippen LogP contribution in [0.15, 0.2) is 59.8 Å². The van der Waals surface area contributed by atoms with Crippen LogP contribution in [0.4, 0.5) is 0 Å². The van der Waals surface area contributed by atoms with Crippen molar-refractivity contribution in [1.82, 2.24) is 4.90 Å². The molecule has 0 spiro atoms. The molecule has 0 unspecified atom stereocenters. The number of thioether (sulfide) groups is 1. The number of hydrogen-bond donors (Lipinski definition) is 1. The third-order valence-corrected chi connectivity index (χ3v) is 5.76. The number of nitrogens with two attached hydrogens (primary N) is 1. The lowest BCUT2D eigenvalue weighted by atomic mass is 10.0. The second-order valence-electron chi connectivity index (χ2n) is 6.67. The van der Waals surface area contributed by atoms with Gasteiger partial charge in [-0.2, -0.15) is 0 Å². The van der Waals surface area contributed by atoms with Gasteiger partial charge in [0.05, 0.1) is 5.54 Å². The molecule has 3 heteroatoms. The summed E-state index contributed by atoms with van der Waals surface area (Å²) in [7, 11) is 0. The van der Waals surface area contributed by atoms with Crippen LogP contribution in [0.25, 0.3) is 0 Å². The molecule has 2 aliphatic rings. The molecular weight excluding hydrogens is 300 g/mol. The Morgan fingerprint density at radius 3 is 1.87 bits per heavy atom. The van der Waals surface area contributed by atoms with Gasteiger partial charge in [0.15, 0.2) is 0 Å². The minimum absolute atomic E-state index is 0.0487. The molecule has 0 aromatic rings. The van der Waals surface area contributed by atoms with Crippen molar-refractivity contribution in [2.24, 2.45) is 5.73 Å². The fraction of sp³-hybridized carbons (Fsp3) is 0.500. The Morgan fingerprint density at radius 2 is 1.39 bits per heavy atom. The second-order valence-corrected chi connectivity index (χ2v) is 8.25. The van der Waals surface area contributed by atoms with E-state index >= 15 is 0 Å². The SMILES string of the molecule is CCN(CC)CCSC1(C)C=CC2=C(C=CC(C)(N)C=C2)C=C1. The molecule has 0 saturated heterocycles. The molecule has 0 atom stereocenters. The van der Waals surface area contributed by atoms with Crippen molar-refractivity contribution >= 4 is 11.8 Å². The van der Waals surface area contributed by atoms with E-state index in [9.17, 15) is 0 Å². The summed E-state index contributed by atoms with van der Waals surface area (Å²) in [4.78, 5) is 2.47. The lowest BCUT2D eigenvalue weighted by Crippen LogP contribution is -2.30. The van der Waals surface area contributed by atoms with Gasteiger partial charge in [0, 0.05) is 17.0 Å². The van der Waals surface area contributed by atoms with Gasteiger partial charge in [0.2, 0.25) is 0 Å². The Bertz CT molecular complexity index is 524. The van der Waals surface area contributed by atoms with Crippen LogP contribution < -0.4 is 5.73 Å². The fourth-order valence-electron chi connectivity index (χ4n) is 2.69. The summed E-state index contributed by atoms with van der Waals surface area (Å²) in [6, 6.07) is 0. The summed E-state index contributed by atoms with van der Waals surface area (Å²) in [5.74, 6) is 1.14. The molecule has 0 aromatic carbocycles. The van der Waals surface area contributed by atoms with E-state index in [0.29, 0.717) is 0 Å². The predicted molar refractivity (Wildman–Crippen MR) is 105 cm³/mol. The zero-order chi connectivity index (χ0) is 16.9. The quantitative estimate of drug-likeness (QED) is 0.795. The maximum Gasteiger partial charge on any atom is 0.0502 e. The van der Waals surface area contributed by atoms with Crippen LogP contribution in [0.1, 0.15) is 27.7 Å². The molecule has 126 valence electrons. The molecule has 23 heavy (non-hydrogen) atoms. The van der Waals surface area contributed by atoms with E-state index in [2.05, 4.69) is 74.3 Å². The first-order valence-electron chi connectivity index (χ1n) is 8.54. The van der Waals surface area contributed by atoms with Gasteiger partial charge in [-0.05, 0) is 38.1 Å². The van der Waals surface area contributed by atoms with Gasteiger partial charge in [-0.25, -0.2) is 0 Å². The first-order valence-corrected chi connectivity index (χ1v) is 9.52. The second kappa shape index (κ2) is 7.69. The number of hydrogen-bond acceptors (Lipinski definition) is 3. The standard InChI is InChI=1S/C20H30N2S/c1-5-22(6-2)15-16-23-20(4)13-9-17-7-11-19(3,21)12-8-18(17)10-14-20/h7-14H,5-6,15-16,21H2,1-4H3.